The van der Waals surface area contributed by atoms with Crippen LogP contribution in [0.15, 0.2) is 0 Å². The van der Waals surface area contributed by atoms with Crippen molar-refractivity contribution in [2.24, 2.45) is 5.92 Å². The molecule has 0 aromatic carbocycles. The smallest absolute Gasteiger partial charge is 0.325 e. The number of morpholine rings is 1. The van der Waals surface area contributed by atoms with Crippen molar-refractivity contribution in [3.8, 4) is 0 Å². The third kappa shape index (κ3) is 5.90. The zero-order valence-corrected chi connectivity index (χ0v) is 14.2. The summed E-state index contributed by atoms with van der Waals surface area (Å²) in [5, 5.41) is 0. The molecule has 1 saturated heterocycles. The van der Waals surface area contributed by atoms with Crippen LogP contribution in [0.25, 0.3) is 0 Å². The summed E-state index contributed by atoms with van der Waals surface area (Å²) in [5.41, 5.74) is -0.658. The number of carbonyl (C=O) groups excluding carboxylic acids is 1. The Balaban J connectivity index is 2.80. The van der Waals surface area contributed by atoms with Crippen LogP contribution in [0, 0.1) is 5.92 Å². The molecule has 0 radical (unpaired) electrons. The minimum Gasteiger partial charge on any atom is -0.459 e. The van der Waals surface area contributed by atoms with Crippen molar-refractivity contribution in [1.82, 2.24) is 9.03 Å². The molecule has 0 aromatic heterocycles. The van der Waals surface area contributed by atoms with Crippen LogP contribution in [-0.2, 0) is 24.5 Å². The van der Waals surface area contributed by atoms with Gasteiger partial charge in [-0.05, 0) is 26.7 Å². The Morgan fingerprint density at radius 1 is 1.24 bits per heavy atom. The van der Waals surface area contributed by atoms with Crippen LogP contribution in [0.3, 0.4) is 0 Å². The summed E-state index contributed by atoms with van der Waals surface area (Å²) in [5.74, 6) is -0.773. The minimum atomic E-state index is -3.73. The van der Waals surface area contributed by atoms with E-state index in [0.717, 1.165) is 0 Å². The Morgan fingerprint density at radius 3 is 2.19 bits per heavy atom. The van der Waals surface area contributed by atoms with E-state index in [-0.39, 0.29) is 19.0 Å². The molecule has 1 aliphatic rings. The number of hydrogen-bond acceptors (Lipinski definition) is 5. The van der Waals surface area contributed by atoms with Gasteiger partial charge in [0, 0.05) is 13.1 Å². The first-order chi connectivity index (χ1) is 9.53. The lowest BCUT2D eigenvalue weighted by molar-refractivity contribution is -0.158. The molecule has 8 heteroatoms. The molecule has 1 fully saturated rings. The molecule has 1 heterocycles. The van der Waals surface area contributed by atoms with E-state index in [0.29, 0.717) is 13.2 Å². The highest BCUT2D eigenvalue weighted by Gasteiger charge is 2.34. The molecule has 0 unspecified atom stereocenters. The zero-order valence-electron chi connectivity index (χ0n) is 13.4. The minimum absolute atomic E-state index is 0.212. The fraction of sp³-hybridized carbons (Fsp3) is 0.923. The SMILES string of the molecule is CC(C)[C@@H](NS(=O)(=O)N1CCOCC1)C(=O)OC(C)(C)C. The van der Waals surface area contributed by atoms with Crippen LogP contribution < -0.4 is 4.72 Å². The van der Waals surface area contributed by atoms with Crippen LogP contribution in [0.5, 0.6) is 0 Å². The molecule has 1 N–H and O–H groups in total. The van der Waals surface area contributed by atoms with E-state index >= 15 is 0 Å². The quantitative estimate of drug-likeness (QED) is 0.746. The molecule has 0 bridgehead atoms. The third-order valence-corrected chi connectivity index (χ3v) is 4.51. The molecule has 21 heavy (non-hydrogen) atoms. The maximum atomic E-state index is 12.3. The fourth-order valence-corrected chi connectivity index (χ4v) is 3.31. The summed E-state index contributed by atoms with van der Waals surface area (Å²) in [6, 6.07) is -0.905. The van der Waals surface area contributed by atoms with Gasteiger partial charge in [-0.3, -0.25) is 4.79 Å². The Labute approximate surface area is 127 Å². The number of ether oxygens (including phenoxy) is 2. The number of nitrogens with zero attached hydrogens (tertiary/aromatic N) is 1. The highest BCUT2D eigenvalue weighted by molar-refractivity contribution is 7.87. The van der Waals surface area contributed by atoms with Crippen molar-refractivity contribution in [2.75, 3.05) is 26.3 Å². The van der Waals surface area contributed by atoms with E-state index in [4.69, 9.17) is 9.47 Å². The van der Waals surface area contributed by atoms with Crippen molar-refractivity contribution >= 4 is 16.2 Å². The first kappa shape index (κ1) is 18.3. The number of hydrogen-bond donors (Lipinski definition) is 1. The number of nitrogens with one attached hydrogen (secondary N) is 1. The second-order valence-electron chi connectivity index (χ2n) is 6.39. The average molecular weight is 322 g/mol. The van der Waals surface area contributed by atoms with Crippen LogP contribution in [0.4, 0.5) is 0 Å². The molecule has 0 amide bonds. The largest absolute Gasteiger partial charge is 0.459 e. The predicted octanol–water partition coefficient (Wildman–Crippen LogP) is 0.519. The summed E-state index contributed by atoms with van der Waals surface area (Å²) >= 11 is 0. The highest BCUT2D eigenvalue weighted by atomic mass is 32.2. The molecule has 1 aliphatic heterocycles. The Morgan fingerprint density at radius 2 is 1.76 bits per heavy atom. The van der Waals surface area contributed by atoms with E-state index in [1.807, 2.05) is 0 Å². The summed E-state index contributed by atoms with van der Waals surface area (Å²) in [4.78, 5) is 12.2. The summed E-state index contributed by atoms with van der Waals surface area (Å²) in [7, 11) is -3.73. The van der Waals surface area contributed by atoms with Crippen molar-refractivity contribution in [3.05, 3.63) is 0 Å². The predicted molar refractivity (Wildman–Crippen MR) is 78.9 cm³/mol. The van der Waals surface area contributed by atoms with E-state index in [1.54, 1.807) is 34.6 Å². The summed E-state index contributed by atoms with van der Waals surface area (Å²) in [6.07, 6.45) is 0. The molecular weight excluding hydrogens is 296 g/mol. The van der Waals surface area contributed by atoms with Gasteiger partial charge >= 0.3 is 5.97 Å². The highest BCUT2D eigenvalue weighted by Crippen LogP contribution is 2.14. The first-order valence-electron chi connectivity index (χ1n) is 7.11. The van der Waals surface area contributed by atoms with Gasteiger partial charge in [0.25, 0.3) is 10.2 Å². The third-order valence-electron chi connectivity index (χ3n) is 2.91. The summed E-state index contributed by atoms with van der Waals surface area (Å²) < 4.78 is 38.8. The normalized spacial score (nSPS) is 19.5. The molecule has 1 rings (SSSR count). The molecule has 124 valence electrons. The number of rotatable bonds is 5. The lowest BCUT2D eigenvalue weighted by atomic mass is 10.1. The van der Waals surface area contributed by atoms with Gasteiger partial charge in [-0.1, -0.05) is 13.8 Å². The molecule has 1 atom stereocenters. The van der Waals surface area contributed by atoms with Crippen LogP contribution in [-0.4, -0.2) is 56.6 Å². The molecular formula is C13H26N2O5S. The molecule has 0 aromatic rings. The monoisotopic (exact) mass is 322 g/mol. The van der Waals surface area contributed by atoms with Crippen molar-refractivity contribution < 1.29 is 22.7 Å². The van der Waals surface area contributed by atoms with Gasteiger partial charge < -0.3 is 9.47 Å². The topological polar surface area (TPSA) is 84.9 Å². The van der Waals surface area contributed by atoms with E-state index in [9.17, 15) is 13.2 Å². The Bertz CT molecular complexity index is 450. The maximum absolute atomic E-state index is 12.3. The van der Waals surface area contributed by atoms with Crippen LogP contribution in [0.2, 0.25) is 0 Å². The standard InChI is InChI=1S/C13H26N2O5S/c1-10(2)11(12(16)20-13(3,4)5)14-21(17,18)15-6-8-19-9-7-15/h10-11,14H,6-9H2,1-5H3/t11-/m1/s1. The fourth-order valence-electron chi connectivity index (χ4n) is 1.84. The van der Waals surface area contributed by atoms with Gasteiger partial charge in [-0.2, -0.15) is 17.4 Å². The molecule has 7 nitrogen and oxygen atoms in total. The van der Waals surface area contributed by atoms with E-state index in [1.165, 1.54) is 4.31 Å². The first-order valence-corrected chi connectivity index (χ1v) is 8.55. The van der Waals surface area contributed by atoms with Crippen molar-refractivity contribution in [3.63, 3.8) is 0 Å². The molecule has 0 aliphatic carbocycles. The lowest BCUT2D eigenvalue weighted by Crippen LogP contribution is -2.54. The van der Waals surface area contributed by atoms with Gasteiger partial charge in [-0.25, -0.2) is 0 Å². The maximum Gasteiger partial charge on any atom is 0.325 e. The van der Waals surface area contributed by atoms with Gasteiger partial charge in [0.1, 0.15) is 11.6 Å². The lowest BCUT2D eigenvalue weighted by Gasteiger charge is -2.30. The number of esters is 1. The van der Waals surface area contributed by atoms with E-state index < -0.39 is 27.8 Å². The van der Waals surface area contributed by atoms with E-state index in [2.05, 4.69) is 4.72 Å². The zero-order chi connectivity index (χ0) is 16.3. The Kier molecular flexibility index (Phi) is 6.15. The van der Waals surface area contributed by atoms with Gasteiger partial charge in [0.2, 0.25) is 0 Å². The number of carbonyl (C=O) groups is 1. The Hall–Kier alpha value is -0.700. The average Bonchev–Trinajstić information content (AvgIpc) is 2.34. The van der Waals surface area contributed by atoms with Gasteiger partial charge in [-0.15, -0.1) is 0 Å². The second kappa shape index (κ2) is 7.04. The van der Waals surface area contributed by atoms with Crippen molar-refractivity contribution in [2.45, 2.75) is 46.3 Å². The summed E-state index contributed by atoms with van der Waals surface area (Å²) in [6.45, 7) is 10.1. The molecule has 0 saturated carbocycles. The van der Waals surface area contributed by atoms with Gasteiger partial charge in [0.15, 0.2) is 0 Å². The second-order valence-corrected chi connectivity index (χ2v) is 8.09. The van der Waals surface area contributed by atoms with Crippen LogP contribution in [0.1, 0.15) is 34.6 Å². The molecule has 0 spiro atoms. The van der Waals surface area contributed by atoms with Crippen LogP contribution >= 0.6 is 0 Å². The van der Waals surface area contributed by atoms with Crippen molar-refractivity contribution in [1.29, 1.82) is 0 Å². The van der Waals surface area contributed by atoms with Gasteiger partial charge in [0.05, 0.1) is 13.2 Å².